The van der Waals surface area contributed by atoms with Crippen LogP contribution in [0.1, 0.15) is 39.5 Å². The molecule has 0 aromatic rings. The van der Waals surface area contributed by atoms with Gasteiger partial charge in [0.25, 0.3) is 0 Å². The fourth-order valence-corrected chi connectivity index (χ4v) is 2.58. The molecule has 2 rings (SSSR count). The molecule has 0 atom stereocenters. The van der Waals surface area contributed by atoms with Crippen molar-refractivity contribution in [2.45, 2.75) is 51.6 Å². The van der Waals surface area contributed by atoms with Gasteiger partial charge < -0.3 is 9.80 Å². The predicted molar refractivity (Wildman–Crippen MR) is 65.2 cm³/mol. The SMILES string of the molecule is CC(C)C(=O)N(C1CC1)C1CCN(C)CC1. The number of rotatable bonds is 3. The van der Waals surface area contributed by atoms with Crippen LogP contribution in [0, 0.1) is 5.92 Å². The third kappa shape index (κ3) is 2.57. The fraction of sp³-hybridized carbons (Fsp3) is 0.923. The largest absolute Gasteiger partial charge is 0.336 e. The van der Waals surface area contributed by atoms with E-state index >= 15 is 0 Å². The summed E-state index contributed by atoms with van der Waals surface area (Å²) in [5, 5.41) is 0. The van der Waals surface area contributed by atoms with Crippen LogP contribution in [0.25, 0.3) is 0 Å². The van der Waals surface area contributed by atoms with Crippen molar-refractivity contribution >= 4 is 5.91 Å². The van der Waals surface area contributed by atoms with Crippen LogP contribution in [-0.4, -0.2) is 47.9 Å². The average molecular weight is 224 g/mol. The standard InChI is InChI=1S/C13H24N2O/c1-10(2)13(16)15(11-4-5-11)12-6-8-14(3)9-7-12/h10-12H,4-9H2,1-3H3. The number of carbonyl (C=O) groups excluding carboxylic acids is 1. The monoisotopic (exact) mass is 224 g/mol. The second kappa shape index (κ2) is 4.74. The molecule has 2 aliphatic rings. The van der Waals surface area contributed by atoms with E-state index in [-0.39, 0.29) is 5.92 Å². The van der Waals surface area contributed by atoms with Crippen LogP contribution in [-0.2, 0) is 4.79 Å². The highest BCUT2D eigenvalue weighted by Crippen LogP contribution is 2.32. The number of carbonyl (C=O) groups is 1. The van der Waals surface area contributed by atoms with Gasteiger partial charge >= 0.3 is 0 Å². The van der Waals surface area contributed by atoms with Gasteiger partial charge in [-0.2, -0.15) is 0 Å². The summed E-state index contributed by atoms with van der Waals surface area (Å²) in [5.74, 6) is 0.525. The molecule has 1 amide bonds. The zero-order valence-corrected chi connectivity index (χ0v) is 10.8. The fourth-order valence-electron chi connectivity index (χ4n) is 2.58. The minimum absolute atomic E-state index is 0.153. The van der Waals surface area contributed by atoms with Gasteiger partial charge in [0.05, 0.1) is 0 Å². The molecule has 3 nitrogen and oxygen atoms in total. The lowest BCUT2D eigenvalue weighted by atomic mass is 10.0. The average Bonchev–Trinajstić information content (AvgIpc) is 3.05. The second-order valence-corrected chi connectivity index (χ2v) is 5.67. The number of hydrogen-bond donors (Lipinski definition) is 0. The zero-order chi connectivity index (χ0) is 11.7. The third-order valence-electron chi connectivity index (χ3n) is 3.77. The topological polar surface area (TPSA) is 23.6 Å². The molecule has 16 heavy (non-hydrogen) atoms. The lowest BCUT2D eigenvalue weighted by molar-refractivity contribution is -0.138. The Hall–Kier alpha value is -0.570. The molecule has 1 saturated heterocycles. The summed E-state index contributed by atoms with van der Waals surface area (Å²) in [6.07, 6.45) is 4.77. The molecule has 0 radical (unpaired) electrons. The summed E-state index contributed by atoms with van der Waals surface area (Å²) in [4.78, 5) is 16.8. The Kier molecular flexibility index (Phi) is 3.53. The summed E-state index contributed by atoms with van der Waals surface area (Å²) in [6, 6.07) is 1.09. The highest BCUT2D eigenvalue weighted by molar-refractivity contribution is 5.79. The van der Waals surface area contributed by atoms with Crippen LogP contribution < -0.4 is 0 Å². The molecule has 0 N–H and O–H groups in total. The summed E-state index contributed by atoms with van der Waals surface area (Å²) in [5.41, 5.74) is 0. The van der Waals surface area contributed by atoms with Crippen molar-refractivity contribution in [3.8, 4) is 0 Å². The maximum Gasteiger partial charge on any atom is 0.225 e. The smallest absolute Gasteiger partial charge is 0.225 e. The molecule has 2 fully saturated rings. The molecule has 3 heteroatoms. The maximum atomic E-state index is 12.2. The van der Waals surface area contributed by atoms with Crippen molar-refractivity contribution in [3.63, 3.8) is 0 Å². The molecule has 1 heterocycles. The first-order chi connectivity index (χ1) is 7.59. The van der Waals surface area contributed by atoms with Gasteiger partial charge in [0.1, 0.15) is 0 Å². The van der Waals surface area contributed by atoms with E-state index in [1.54, 1.807) is 0 Å². The Morgan fingerprint density at radius 1 is 1.12 bits per heavy atom. The van der Waals surface area contributed by atoms with Crippen molar-refractivity contribution in [2.24, 2.45) is 5.92 Å². The van der Waals surface area contributed by atoms with E-state index in [1.165, 1.54) is 12.8 Å². The van der Waals surface area contributed by atoms with Crippen molar-refractivity contribution < 1.29 is 4.79 Å². The molecular weight excluding hydrogens is 200 g/mol. The molecular formula is C13H24N2O. The van der Waals surface area contributed by atoms with Crippen molar-refractivity contribution in [1.29, 1.82) is 0 Å². The van der Waals surface area contributed by atoms with Crippen LogP contribution >= 0.6 is 0 Å². The lowest BCUT2D eigenvalue weighted by Crippen LogP contribution is -2.48. The van der Waals surface area contributed by atoms with Crippen molar-refractivity contribution in [2.75, 3.05) is 20.1 Å². The Balaban J connectivity index is 1.99. The van der Waals surface area contributed by atoms with Gasteiger partial charge in [0.15, 0.2) is 0 Å². The van der Waals surface area contributed by atoms with Crippen LogP contribution in [0.5, 0.6) is 0 Å². The van der Waals surface area contributed by atoms with E-state index in [4.69, 9.17) is 0 Å². The molecule has 0 aromatic carbocycles. The van der Waals surface area contributed by atoms with Crippen LogP contribution in [0.15, 0.2) is 0 Å². The van der Waals surface area contributed by atoms with Crippen molar-refractivity contribution in [3.05, 3.63) is 0 Å². The minimum Gasteiger partial charge on any atom is -0.336 e. The van der Waals surface area contributed by atoms with Gasteiger partial charge in [-0.1, -0.05) is 13.8 Å². The number of nitrogens with zero attached hydrogens (tertiary/aromatic N) is 2. The van der Waals surface area contributed by atoms with E-state index in [0.717, 1.165) is 25.9 Å². The number of likely N-dealkylation sites (tertiary alicyclic amines) is 1. The van der Waals surface area contributed by atoms with E-state index in [9.17, 15) is 4.79 Å². The number of amides is 1. The predicted octanol–water partition coefficient (Wildman–Crippen LogP) is 1.73. The van der Waals surface area contributed by atoms with Crippen LogP contribution in [0.3, 0.4) is 0 Å². The van der Waals surface area contributed by atoms with E-state index in [1.807, 2.05) is 13.8 Å². The molecule has 0 spiro atoms. The second-order valence-electron chi connectivity index (χ2n) is 5.67. The van der Waals surface area contributed by atoms with Gasteiger partial charge in [0, 0.05) is 18.0 Å². The first-order valence-electron chi connectivity index (χ1n) is 6.60. The highest BCUT2D eigenvalue weighted by atomic mass is 16.2. The highest BCUT2D eigenvalue weighted by Gasteiger charge is 2.38. The molecule has 0 aromatic heterocycles. The van der Waals surface area contributed by atoms with E-state index in [2.05, 4.69) is 16.8 Å². The Bertz CT molecular complexity index is 253. The third-order valence-corrected chi connectivity index (χ3v) is 3.77. The first-order valence-corrected chi connectivity index (χ1v) is 6.60. The van der Waals surface area contributed by atoms with Gasteiger partial charge in [0.2, 0.25) is 5.91 Å². The van der Waals surface area contributed by atoms with Gasteiger partial charge in [-0.05, 0) is 45.8 Å². The summed E-state index contributed by atoms with van der Waals surface area (Å²) in [6.45, 7) is 6.32. The molecule has 0 unspecified atom stereocenters. The van der Waals surface area contributed by atoms with Gasteiger partial charge in [-0.3, -0.25) is 4.79 Å². The Morgan fingerprint density at radius 3 is 2.06 bits per heavy atom. The number of hydrogen-bond acceptors (Lipinski definition) is 2. The van der Waals surface area contributed by atoms with Crippen LogP contribution in [0.2, 0.25) is 0 Å². The lowest BCUT2D eigenvalue weighted by Gasteiger charge is -2.38. The minimum atomic E-state index is 0.153. The van der Waals surface area contributed by atoms with Crippen LogP contribution in [0.4, 0.5) is 0 Å². The molecule has 0 bridgehead atoms. The Labute approximate surface area is 98.8 Å². The zero-order valence-electron chi connectivity index (χ0n) is 10.8. The molecule has 1 aliphatic heterocycles. The summed E-state index contributed by atoms with van der Waals surface area (Å²) in [7, 11) is 2.17. The number of piperidine rings is 1. The van der Waals surface area contributed by atoms with E-state index < -0.39 is 0 Å². The molecule has 1 saturated carbocycles. The normalized spacial score (nSPS) is 23.8. The summed E-state index contributed by atoms with van der Waals surface area (Å²) < 4.78 is 0. The molecule has 92 valence electrons. The van der Waals surface area contributed by atoms with Gasteiger partial charge in [-0.25, -0.2) is 0 Å². The van der Waals surface area contributed by atoms with Crippen molar-refractivity contribution in [1.82, 2.24) is 9.80 Å². The summed E-state index contributed by atoms with van der Waals surface area (Å²) >= 11 is 0. The van der Waals surface area contributed by atoms with E-state index in [0.29, 0.717) is 18.0 Å². The van der Waals surface area contributed by atoms with Gasteiger partial charge in [-0.15, -0.1) is 0 Å². The Morgan fingerprint density at radius 2 is 1.62 bits per heavy atom. The quantitative estimate of drug-likeness (QED) is 0.729. The molecule has 1 aliphatic carbocycles. The first kappa shape index (κ1) is 11.9. The maximum absolute atomic E-state index is 12.2.